The van der Waals surface area contributed by atoms with Crippen molar-refractivity contribution in [2.45, 2.75) is 13.8 Å². The average molecular weight is 339 g/mol. The van der Waals surface area contributed by atoms with E-state index in [2.05, 4.69) is 38.5 Å². The minimum atomic E-state index is 0.0970. The first kappa shape index (κ1) is 10.2. The molecular formula is C9H8BrIO. The van der Waals surface area contributed by atoms with Gasteiger partial charge in [-0.15, -0.1) is 0 Å². The Morgan fingerprint density at radius 1 is 1.50 bits per heavy atom. The lowest BCUT2D eigenvalue weighted by atomic mass is 10.1. The summed E-state index contributed by atoms with van der Waals surface area (Å²) in [4.78, 5) is 11.1. The quantitative estimate of drug-likeness (QED) is 0.565. The van der Waals surface area contributed by atoms with Gasteiger partial charge < -0.3 is 0 Å². The van der Waals surface area contributed by atoms with E-state index in [1.165, 1.54) is 5.56 Å². The molecule has 3 heteroatoms. The maximum absolute atomic E-state index is 11.1. The monoisotopic (exact) mass is 338 g/mol. The second kappa shape index (κ2) is 3.87. The fraction of sp³-hybridized carbons (Fsp3) is 0.222. The number of carbonyl (C=O) groups is 1. The zero-order valence-corrected chi connectivity index (χ0v) is 10.6. The molecule has 1 rings (SSSR count). The average Bonchev–Trinajstić information content (AvgIpc) is 2.00. The number of halogens is 2. The molecule has 1 aromatic carbocycles. The van der Waals surface area contributed by atoms with E-state index < -0.39 is 0 Å². The van der Waals surface area contributed by atoms with Gasteiger partial charge in [-0.25, -0.2) is 0 Å². The number of benzene rings is 1. The van der Waals surface area contributed by atoms with E-state index in [0.717, 1.165) is 13.6 Å². The van der Waals surface area contributed by atoms with Crippen LogP contribution >= 0.6 is 38.5 Å². The van der Waals surface area contributed by atoms with Crippen molar-refractivity contribution in [1.29, 1.82) is 0 Å². The molecule has 0 heterocycles. The molecule has 0 fully saturated rings. The minimum Gasteiger partial charge on any atom is -0.294 e. The molecule has 0 amide bonds. The van der Waals surface area contributed by atoms with Crippen molar-refractivity contribution < 1.29 is 4.79 Å². The summed E-state index contributed by atoms with van der Waals surface area (Å²) < 4.78 is 2.02. The Hall–Kier alpha value is 0.1000. The smallest absolute Gasteiger partial charge is 0.160 e. The second-order valence-corrected chi connectivity index (χ2v) is 4.49. The highest BCUT2D eigenvalue weighted by Crippen LogP contribution is 2.26. The van der Waals surface area contributed by atoms with Crippen LogP contribution < -0.4 is 0 Å². The van der Waals surface area contributed by atoms with Gasteiger partial charge in [0.05, 0.1) is 0 Å². The molecule has 1 nitrogen and oxygen atoms in total. The van der Waals surface area contributed by atoms with Crippen LogP contribution in [-0.2, 0) is 0 Å². The van der Waals surface area contributed by atoms with Gasteiger partial charge in [0.2, 0.25) is 0 Å². The van der Waals surface area contributed by atoms with E-state index in [1.54, 1.807) is 6.92 Å². The summed E-state index contributed by atoms with van der Waals surface area (Å²) >= 11 is 5.63. The van der Waals surface area contributed by atoms with Crippen molar-refractivity contribution in [1.82, 2.24) is 0 Å². The zero-order valence-electron chi connectivity index (χ0n) is 6.82. The number of hydrogen-bond donors (Lipinski definition) is 0. The van der Waals surface area contributed by atoms with Crippen molar-refractivity contribution in [2.24, 2.45) is 0 Å². The number of Topliss-reactive ketones (excluding diaryl/α,β-unsaturated/α-hetero) is 1. The third-order valence-corrected chi connectivity index (χ3v) is 4.61. The number of hydrogen-bond acceptors (Lipinski definition) is 1. The predicted octanol–water partition coefficient (Wildman–Crippen LogP) is 3.56. The molecule has 0 aliphatic rings. The first-order valence-electron chi connectivity index (χ1n) is 3.49. The van der Waals surface area contributed by atoms with Crippen LogP contribution in [0.2, 0.25) is 0 Å². The number of rotatable bonds is 1. The summed E-state index contributed by atoms with van der Waals surface area (Å²) in [5, 5.41) is 0. The topological polar surface area (TPSA) is 17.1 Å². The molecule has 0 aromatic heterocycles. The van der Waals surface area contributed by atoms with Crippen molar-refractivity contribution in [2.75, 3.05) is 0 Å². The van der Waals surface area contributed by atoms with Crippen LogP contribution in [0.25, 0.3) is 0 Å². The molecule has 64 valence electrons. The molecule has 0 bridgehead atoms. The lowest BCUT2D eigenvalue weighted by Crippen LogP contribution is -1.96. The van der Waals surface area contributed by atoms with Gasteiger partial charge in [-0.3, -0.25) is 4.79 Å². The van der Waals surface area contributed by atoms with Crippen LogP contribution in [0.1, 0.15) is 22.8 Å². The molecule has 0 aliphatic carbocycles. The van der Waals surface area contributed by atoms with Crippen molar-refractivity contribution in [3.05, 3.63) is 31.3 Å². The summed E-state index contributed by atoms with van der Waals surface area (Å²) in [6, 6.07) is 3.81. The standard InChI is InChI=1S/C9H8BrIO/c1-5-3-4-7(6(2)12)8(10)9(5)11/h3-4H,1-2H3. The second-order valence-electron chi connectivity index (χ2n) is 2.61. The summed E-state index contributed by atoms with van der Waals surface area (Å²) in [6.07, 6.45) is 0. The van der Waals surface area contributed by atoms with Gasteiger partial charge in [-0.2, -0.15) is 0 Å². The summed E-state index contributed by atoms with van der Waals surface area (Å²) in [6.45, 7) is 3.60. The van der Waals surface area contributed by atoms with E-state index in [0.29, 0.717) is 0 Å². The fourth-order valence-electron chi connectivity index (χ4n) is 0.918. The highest BCUT2D eigenvalue weighted by atomic mass is 127. The van der Waals surface area contributed by atoms with Crippen molar-refractivity contribution in [3.8, 4) is 0 Å². The van der Waals surface area contributed by atoms with E-state index in [9.17, 15) is 4.79 Å². The molecule has 0 radical (unpaired) electrons. The van der Waals surface area contributed by atoms with Crippen molar-refractivity contribution >= 4 is 44.3 Å². The number of ketones is 1. The largest absolute Gasteiger partial charge is 0.294 e. The van der Waals surface area contributed by atoms with Crippen molar-refractivity contribution in [3.63, 3.8) is 0 Å². The minimum absolute atomic E-state index is 0.0970. The van der Waals surface area contributed by atoms with E-state index >= 15 is 0 Å². The maximum atomic E-state index is 11.1. The van der Waals surface area contributed by atoms with E-state index in [1.807, 2.05) is 19.1 Å². The van der Waals surface area contributed by atoms with Gasteiger partial charge in [0.1, 0.15) is 0 Å². The molecule has 0 unspecified atom stereocenters. The molecular weight excluding hydrogens is 331 g/mol. The number of aryl methyl sites for hydroxylation is 1. The Labute approximate surface area is 93.8 Å². The van der Waals surface area contributed by atoms with E-state index in [-0.39, 0.29) is 5.78 Å². The van der Waals surface area contributed by atoms with Gasteiger partial charge in [0, 0.05) is 13.6 Å². The van der Waals surface area contributed by atoms with E-state index in [4.69, 9.17) is 0 Å². The molecule has 0 atom stereocenters. The lowest BCUT2D eigenvalue weighted by Gasteiger charge is -2.04. The highest BCUT2D eigenvalue weighted by molar-refractivity contribution is 14.1. The summed E-state index contributed by atoms with van der Waals surface area (Å²) in [5.74, 6) is 0.0970. The van der Waals surface area contributed by atoms with Crippen LogP contribution in [0.5, 0.6) is 0 Å². The Kier molecular flexibility index (Phi) is 3.29. The Balaban J connectivity index is 3.36. The Bertz CT molecular complexity index is 334. The zero-order chi connectivity index (χ0) is 9.30. The molecule has 0 saturated heterocycles. The van der Waals surface area contributed by atoms with Crippen LogP contribution in [0, 0.1) is 10.5 Å². The first-order valence-corrected chi connectivity index (χ1v) is 5.36. The highest BCUT2D eigenvalue weighted by Gasteiger charge is 2.09. The molecule has 0 aliphatic heterocycles. The van der Waals surface area contributed by atoms with Gasteiger partial charge in [0.15, 0.2) is 5.78 Å². The number of carbonyl (C=O) groups excluding carboxylic acids is 1. The Morgan fingerprint density at radius 2 is 2.08 bits per heavy atom. The molecule has 1 aromatic rings. The SMILES string of the molecule is CC(=O)c1ccc(C)c(I)c1Br. The molecule has 12 heavy (non-hydrogen) atoms. The molecule has 0 N–H and O–H groups in total. The first-order chi connectivity index (χ1) is 5.54. The molecule has 0 spiro atoms. The molecule has 0 saturated carbocycles. The van der Waals surface area contributed by atoms with Crippen LogP contribution in [0.4, 0.5) is 0 Å². The van der Waals surface area contributed by atoms with Gasteiger partial charge >= 0.3 is 0 Å². The van der Waals surface area contributed by atoms with Crippen LogP contribution in [-0.4, -0.2) is 5.78 Å². The van der Waals surface area contributed by atoms with Crippen LogP contribution in [0.15, 0.2) is 16.6 Å². The fourth-order valence-corrected chi connectivity index (χ4v) is 2.11. The van der Waals surface area contributed by atoms with Gasteiger partial charge in [0.25, 0.3) is 0 Å². The summed E-state index contributed by atoms with van der Waals surface area (Å²) in [5.41, 5.74) is 1.94. The summed E-state index contributed by atoms with van der Waals surface area (Å²) in [7, 11) is 0. The normalized spacial score (nSPS) is 10.0. The third-order valence-electron chi connectivity index (χ3n) is 1.65. The van der Waals surface area contributed by atoms with Gasteiger partial charge in [-0.1, -0.05) is 6.07 Å². The maximum Gasteiger partial charge on any atom is 0.160 e. The van der Waals surface area contributed by atoms with Crippen LogP contribution in [0.3, 0.4) is 0 Å². The Morgan fingerprint density at radius 3 is 2.58 bits per heavy atom. The predicted molar refractivity (Wildman–Crippen MR) is 61.6 cm³/mol. The lowest BCUT2D eigenvalue weighted by molar-refractivity contribution is 0.101. The van der Waals surface area contributed by atoms with Gasteiger partial charge in [-0.05, 0) is 64.0 Å². The third kappa shape index (κ3) is 1.88.